The highest BCUT2D eigenvalue weighted by Crippen LogP contribution is 2.33. The number of aromatic amines is 1. The highest BCUT2D eigenvalue weighted by molar-refractivity contribution is 5.98. The fraction of sp³-hybridized carbons (Fsp3) is 0.333. The number of carbonyl (C=O) groups is 2. The Morgan fingerprint density at radius 1 is 1.30 bits per heavy atom. The van der Waals surface area contributed by atoms with Crippen LogP contribution in [0.25, 0.3) is 0 Å². The molecule has 0 spiro atoms. The largest absolute Gasteiger partial charge is 0.366 e. The zero-order valence-electron chi connectivity index (χ0n) is 13.2. The van der Waals surface area contributed by atoms with Gasteiger partial charge in [-0.15, -0.1) is 0 Å². The van der Waals surface area contributed by atoms with Crippen LogP contribution in [-0.4, -0.2) is 28.2 Å². The van der Waals surface area contributed by atoms with E-state index in [1.54, 1.807) is 0 Å². The number of aromatic nitrogens is 1. The van der Waals surface area contributed by atoms with Crippen LogP contribution >= 0.6 is 0 Å². The van der Waals surface area contributed by atoms with Crippen molar-refractivity contribution in [2.75, 3.05) is 6.54 Å². The minimum atomic E-state index is -0.537. The lowest BCUT2D eigenvalue weighted by molar-refractivity contribution is 0.0675. The molecule has 1 aromatic heterocycles. The van der Waals surface area contributed by atoms with Gasteiger partial charge in [0.1, 0.15) is 5.69 Å². The van der Waals surface area contributed by atoms with E-state index in [-0.39, 0.29) is 11.9 Å². The molecule has 1 fully saturated rings. The van der Waals surface area contributed by atoms with Crippen molar-refractivity contribution in [3.63, 3.8) is 0 Å². The van der Waals surface area contributed by atoms with E-state index in [4.69, 9.17) is 5.73 Å². The number of hydrogen-bond donors (Lipinski definition) is 2. The minimum Gasteiger partial charge on any atom is -0.366 e. The van der Waals surface area contributed by atoms with E-state index in [0.29, 0.717) is 17.2 Å². The Morgan fingerprint density at radius 2 is 2.00 bits per heavy atom. The second-order valence-corrected chi connectivity index (χ2v) is 6.15. The number of benzene rings is 1. The number of rotatable bonds is 6. The maximum Gasteiger partial charge on any atom is 0.270 e. The molecule has 120 valence electrons. The predicted octanol–water partition coefficient (Wildman–Crippen LogP) is 2.73. The number of carbonyl (C=O) groups excluding carboxylic acids is 2. The van der Waals surface area contributed by atoms with Crippen LogP contribution in [0.2, 0.25) is 0 Å². The first-order valence-electron chi connectivity index (χ1n) is 7.90. The van der Waals surface area contributed by atoms with E-state index in [2.05, 4.69) is 4.98 Å². The molecule has 0 aliphatic heterocycles. The van der Waals surface area contributed by atoms with Gasteiger partial charge >= 0.3 is 0 Å². The van der Waals surface area contributed by atoms with Crippen molar-refractivity contribution in [2.24, 2.45) is 11.7 Å². The van der Waals surface area contributed by atoms with E-state index in [1.165, 1.54) is 25.1 Å². The smallest absolute Gasteiger partial charge is 0.270 e. The van der Waals surface area contributed by atoms with Crippen molar-refractivity contribution in [1.29, 1.82) is 0 Å². The molecule has 1 saturated carbocycles. The third-order valence-electron chi connectivity index (χ3n) is 4.36. The van der Waals surface area contributed by atoms with Crippen molar-refractivity contribution in [1.82, 2.24) is 9.88 Å². The number of nitrogens with zero attached hydrogens (tertiary/aromatic N) is 1. The Hall–Kier alpha value is -2.56. The van der Waals surface area contributed by atoms with E-state index in [9.17, 15) is 9.59 Å². The van der Waals surface area contributed by atoms with Gasteiger partial charge in [0, 0.05) is 12.7 Å². The summed E-state index contributed by atoms with van der Waals surface area (Å²) in [7, 11) is 0. The second-order valence-electron chi connectivity index (χ2n) is 6.15. The van der Waals surface area contributed by atoms with E-state index in [0.717, 1.165) is 12.1 Å². The van der Waals surface area contributed by atoms with Gasteiger partial charge in [0.15, 0.2) is 0 Å². The summed E-state index contributed by atoms with van der Waals surface area (Å²) in [4.78, 5) is 28.9. The van der Waals surface area contributed by atoms with Crippen LogP contribution in [0.15, 0.2) is 42.6 Å². The van der Waals surface area contributed by atoms with Gasteiger partial charge in [0.25, 0.3) is 5.91 Å². The molecule has 1 atom stereocenters. The van der Waals surface area contributed by atoms with Crippen molar-refractivity contribution in [2.45, 2.75) is 25.8 Å². The Bertz CT molecular complexity index is 704. The van der Waals surface area contributed by atoms with Crippen LogP contribution in [0, 0.1) is 5.92 Å². The van der Waals surface area contributed by atoms with Crippen LogP contribution < -0.4 is 5.73 Å². The Morgan fingerprint density at radius 3 is 2.57 bits per heavy atom. The van der Waals surface area contributed by atoms with E-state index < -0.39 is 5.91 Å². The summed E-state index contributed by atoms with van der Waals surface area (Å²) >= 11 is 0. The predicted molar refractivity (Wildman–Crippen MR) is 87.9 cm³/mol. The maximum absolute atomic E-state index is 12.9. The van der Waals surface area contributed by atoms with Crippen molar-refractivity contribution in [3.8, 4) is 0 Å². The lowest BCUT2D eigenvalue weighted by Gasteiger charge is -2.29. The fourth-order valence-corrected chi connectivity index (χ4v) is 2.72. The molecule has 5 heteroatoms. The molecule has 23 heavy (non-hydrogen) atoms. The van der Waals surface area contributed by atoms with Gasteiger partial charge in [-0.25, -0.2) is 0 Å². The third kappa shape index (κ3) is 3.44. The van der Waals surface area contributed by atoms with Gasteiger partial charge in [-0.05, 0) is 37.3 Å². The number of nitrogens with two attached hydrogens (primary N) is 1. The normalized spacial score (nSPS) is 15.2. The van der Waals surface area contributed by atoms with E-state index in [1.807, 2.05) is 42.2 Å². The summed E-state index contributed by atoms with van der Waals surface area (Å²) in [6, 6.07) is 11.5. The van der Waals surface area contributed by atoms with Gasteiger partial charge in [0.2, 0.25) is 5.91 Å². The van der Waals surface area contributed by atoms with Crippen molar-refractivity contribution in [3.05, 3.63) is 59.4 Å². The van der Waals surface area contributed by atoms with Crippen LogP contribution in [0.3, 0.4) is 0 Å². The third-order valence-corrected chi connectivity index (χ3v) is 4.36. The number of amides is 2. The monoisotopic (exact) mass is 311 g/mol. The topological polar surface area (TPSA) is 79.2 Å². The number of nitrogens with one attached hydrogen (secondary N) is 1. The average Bonchev–Trinajstić information content (AvgIpc) is 3.24. The van der Waals surface area contributed by atoms with Gasteiger partial charge in [-0.3, -0.25) is 9.59 Å². The molecule has 1 heterocycles. The SMILES string of the molecule is CC(c1ccccc1)N(CC1CC1)C(=O)c1cc(C(N)=O)c[nH]1. The summed E-state index contributed by atoms with van der Waals surface area (Å²) in [6.45, 7) is 2.77. The molecule has 1 unspecified atom stereocenters. The molecule has 3 rings (SSSR count). The van der Waals surface area contributed by atoms with Crippen LogP contribution in [0.1, 0.15) is 52.2 Å². The van der Waals surface area contributed by atoms with Gasteiger partial charge in [-0.1, -0.05) is 30.3 Å². The van der Waals surface area contributed by atoms with Crippen LogP contribution in [-0.2, 0) is 0 Å². The maximum atomic E-state index is 12.9. The highest BCUT2D eigenvalue weighted by atomic mass is 16.2. The Balaban J connectivity index is 1.85. The molecule has 1 aliphatic rings. The number of H-pyrrole nitrogens is 1. The van der Waals surface area contributed by atoms with Crippen molar-refractivity contribution < 1.29 is 9.59 Å². The summed E-state index contributed by atoms with van der Waals surface area (Å²) < 4.78 is 0. The molecular weight excluding hydrogens is 290 g/mol. The second kappa shape index (κ2) is 6.28. The first-order chi connectivity index (χ1) is 11.1. The van der Waals surface area contributed by atoms with Crippen LogP contribution in [0.5, 0.6) is 0 Å². The molecule has 2 amide bonds. The Labute approximate surface area is 135 Å². The molecule has 0 bridgehead atoms. The molecule has 1 aliphatic carbocycles. The zero-order chi connectivity index (χ0) is 16.4. The summed E-state index contributed by atoms with van der Waals surface area (Å²) in [5.41, 5.74) is 7.09. The highest BCUT2D eigenvalue weighted by Gasteiger charge is 2.31. The van der Waals surface area contributed by atoms with E-state index >= 15 is 0 Å². The minimum absolute atomic E-state index is 0.0235. The zero-order valence-corrected chi connectivity index (χ0v) is 13.2. The standard InChI is InChI=1S/C18H21N3O2/c1-12(14-5-3-2-4-6-14)21(11-13-7-8-13)18(23)16-9-15(10-20-16)17(19)22/h2-6,9-10,12-13,20H,7-8,11H2,1H3,(H2,19,22). The first kappa shape index (κ1) is 15.3. The summed E-state index contributed by atoms with van der Waals surface area (Å²) in [5, 5.41) is 0. The lowest BCUT2D eigenvalue weighted by atomic mass is 10.1. The van der Waals surface area contributed by atoms with Crippen molar-refractivity contribution >= 4 is 11.8 Å². The molecule has 5 nitrogen and oxygen atoms in total. The molecule has 0 saturated heterocycles. The lowest BCUT2D eigenvalue weighted by Crippen LogP contribution is -2.35. The quantitative estimate of drug-likeness (QED) is 0.860. The number of primary amides is 1. The average molecular weight is 311 g/mol. The molecule has 3 N–H and O–H groups in total. The molecule has 0 radical (unpaired) electrons. The number of hydrogen-bond acceptors (Lipinski definition) is 2. The summed E-state index contributed by atoms with van der Waals surface area (Å²) in [6.07, 6.45) is 3.82. The molecule has 2 aromatic rings. The van der Waals surface area contributed by atoms with Gasteiger partial charge < -0.3 is 15.6 Å². The van der Waals surface area contributed by atoms with Gasteiger partial charge in [-0.2, -0.15) is 0 Å². The van der Waals surface area contributed by atoms with Gasteiger partial charge in [0.05, 0.1) is 11.6 Å². The summed E-state index contributed by atoms with van der Waals surface area (Å²) in [5.74, 6) is -0.0541. The molecule has 1 aromatic carbocycles. The fourth-order valence-electron chi connectivity index (χ4n) is 2.72. The first-order valence-corrected chi connectivity index (χ1v) is 7.90. The Kier molecular flexibility index (Phi) is 4.19. The van der Waals surface area contributed by atoms with Crippen LogP contribution in [0.4, 0.5) is 0 Å². The molecular formula is C18H21N3O2.